The fourth-order valence-corrected chi connectivity index (χ4v) is 4.53. The summed E-state index contributed by atoms with van der Waals surface area (Å²) < 4.78 is 22.8. The van der Waals surface area contributed by atoms with Crippen molar-refractivity contribution in [2.24, 2.45) is 5.73 Å². The lowest BCUT2D eigenvalue weighted by molar-refractivity contribution is 0.0192. The van der Waals surface area contributed by atoms with Gasteiger partial charge in [0.05, 0.1) is 11.5 Å². The summed E-state index contributed by atoms with van der Waals surface area (Å²) in [7, 11) is -0.736. The summed E-state index contributed by atoms with van der Waals surface area (Å²) in [5.41, 5.74) is 5.92. The minimum absolute atomic E-state index is 0.102. The predicted octanol–water partition coefficient (Wildman–Crippen LogP) is -0.0133. The molecule has 2 N–H and O–H groups in total. The third-order valence-electron chi connectivity index (χ3n) is 4.17. The maximum absolute atomic E-state index is 11.4. The van der Waals surface area contributed by atoms with Gasteiger partial charge in [-0.2, -0.15) is 0 Å². The second kappa shape index (κ2) is 3.71. The molecule has 0 aromatic rings. The first-order valence-electron chi connectivity index (χ1n) is 5.63. The van der Waals surface area contributed by atoms with E-state index in [1.165, 1.54) is 6.42 Å². The number of nitrogens with two attached hydrogens (primary N) is 1. The summed E-state index contributed by atoms with van der Waals surface area (Å²) in [6.07, 6.45) is 4.24. The largest absolute Gasteiger partial charge is 0.329 e. The Hall–Kier alpha value is -0.130. The molecule has 0 amide bonds. The van der Waals surface area contributed by atoms with Crippen LogP contribution < -0.4 is 5.73 Å². The van der Waals surface area contributed by atoms with Crippen molar-refractivity contribution in [1.29, 1.82) is 0 Å². The van der Waals surface area contributed by atoms with Crippen molar-refractivity contribution in [3.05, 3.63) is 0 Å². The Morgan fingerprint density at radius 1 is 1.47 bits per heavy atom. The second-order valence-corrected chi connectivity index (χ2v) is 7.18. The lowest BCUT2D eigenvalue weighted by atomic mass is 9.75. The molecule has 0 spiro atoms. The maximum atomic E-state index is 11.4. The summed E-state index contributed by atoms with van der Waals surface area (Å²) >= 11 is 0. The highest BCUT2D eigenvalue weighted by molar-refractivity contribution is 7.91. The van der Waals surface area contributed by atoms with E-state index in [2.05, 4.69) is 4.90 Å². The van der Waals surface area contributed by atoms with Crippen LogP contribution in [0.5, 0.6) is 0 Å². The maximum Gasteiger partial charge on any atom is 0.151 e. The Morgan fingerprint density at radius 2 is 2.13 bits per heavy atom. The van der Waals surface area contributed by atoms with Crippen LogP contribution in [0.3, 0.4) is 0 Å². The van der Waals surface area contributed by atoms with Gasteiger partial charge in [0.25, 0.3) is 0 Å². The molecule has 0 radical (unpaired) electrons. The SMILES string of the molecule is CN(C1CCS(=O)(=O)C1)C1(CN)CCC1. The Labute approximate surface area is 91.7 Å². The van der Waals surface area contributed by atoms with Crippen LogP contribution in [-0.4, -0.2) is 50.0 Å². The molecule has 1 saturated heterocycles. The standard InChI is InChI=1S/C10H20N2O2S/c1-12(10(8-11)4-2-5-10)9-3-6-15(13,14)7-9/h9H,2-8,11H2,1H3. The molecule has 4 nitrogen and oxygen atoms in total. The van der Waals surface area contributed by atoms with Crippen LogP contribution in [-0.2, 0) is 9.84 Å². The number of likely N-dealkylation sites (N-methyl/N-ethyl adjacent to an activating group) is 1. The number of hydrogen-bond donors (Lipinski definition) is 1. The zero-order valence-corrected chi connectivity index (χ0v) is 10.1. The van der Waals surface area contributed by atoms with E-state index in [4.69, 9.17) is 5.73 Å². The van der Waals surface area contributed by atoms with Crippen molar-refractivity contribution in [1.82, 2.24) is 4.90 Å². The van der Waals surface area contributed by atoms with E-state index < -0.39 is 9.84 Å². The molecule has 1 saturated carbocycles. The van der Waals surface area contributed by atoms with Crippen molar-refractivity contribution in [2.45, 2.75) is 37.3 Å². The monoisotopic (exact) mass is 232 g/mol. The van der Waals surface area contributed by atoms with Crippen molar-refractivity contribution in [3.8, 4) is 0 Å². The zero-order valence-electron chi connectivity index (χ0n) is 9.28. The molecule has 0 aromatic carbocycles. The fourth-order valence-electron chi connectivity index (χ4n) is 2.75. The van der Waals surface area contributed by atoms with E-state index in [0.29, 0.717) is 18.1 Å². The van der Waals surface area contributed by atoms with Gasteiger partial charge in [-0.25, -0.2) is 8.42 Å². The van der Waals surface area contributed by atoms with E-state index >= 15 is 0 Å². The van der Waals surface area contributed by atoms with Gasteiger partial charge in [0.1, 0.15) is 0 Å². The summed E-state index contributed by atoms with van der Waals surface area (Å²) in [5, 5.41) is 0. The van der Waals surface area contributed by atoms with E-state index in [-0.39, 0.29) is 11.6 Å². The first kappa shape index (κ1) is 11.4. The molecule has 1 aliphatic carbocycles. The van der Waals surface area contributed by atoms with E-state index in [9.17, 15) is 8.42 Å². The van der Waals surface area contributed by atoms with Crippen molar-refractivity contribution in [2.75, 3.05) is 25.1 Å². The van der Waals surface area contributed by atoms with Gasteiger partial charge in [0.2, 0.25) is 0 Å². The Bertz CT molecular complexity index is 330. The summed E-state index contributed by atoms with van der Waals surface area (Å²) in [6.45, 7) is 0.653. The normalized spacial score (nSPS) is 32.9. The average Bonchev–Trinajstić information content (AvgIpc) is 2.45. The minimum Gasteiger partial charge on any atom is -0.329 e. The van der Waals surface area contributed by atoms with Crippen LogP contribution in [0, 0.1) is 0 Å². The molecule has 1 atom stereocenters. The quantitative estimate of drug-likeness (QED) is 0.743. The Balaban J connectivity index is 2.05. The number of hydrogen-bond acceptors (Lipinski definition) is 4. The van der Waals surface area contributed by atoms with Crippen LogP contribution in [0.4, 0.5) is 0 Å². The summed E-state index contributed by atoms with van der Waals surface area (Å²) in [6, 6.07) is 0.193. The smallest absolute Gasteiger partial charge is 0.151 e. The molecule has 1 aliphatic heterocycles. The Kier molecular flexibility index (Phi) is 2.81. The zero-order chi connectivity index (χ0) is 11.1. The molecule has 88 valence electrons. The Morgan fingerprint density at radius 3 is 2.47 bits per heavy atom. The second-order valence-electron chi connectivity index (χ2n) is 4.95. The van der Waals surface area contributed by atoms with Crippen LogP contribution in [0.2, 0.25) is 0 Å². The van der Waals surface area contributed by atoms with Gasteiger partial charge >= 0.3 is 0 Å². The molecular formula is C10H20N2O2S. The van der Waals surface area contributed by atoms with E-state index in [1.807, 2.05) is 7.05 Å². The van der Waals surface area contributed by atoms with E-state index in [1.54, 1.807) is 0 Å². The molecular weight excluding hydrogens is 212 g/mol. The fraction of sp³-hybridized carbons (Fsp3) is 1.00. The van der Waals surface area contributed by atoms with Crippen LogP contribution in [0.1, 0.15) is 25.7 Å². The summed E-state index contributed by atoms with van der Waals surface area (Å²) in [5.74, 6) is 0.675. The highest BCUT2D eigenvalue weighted by Gasteiger charge is 2.44. The van der Waals surface area contributed by atoms with Gasteiger partial charge in [0.15, 0.2) is 9.84 Å². The van der Waals surface area contributed by atoms with Gasteiger partial charge in [-0.15, -0.1) is 0 Å². The topological polar surface area (TPSA) is 63.4 Å². The van der Waals surface area contributed by atoms with Gasteiger partial charge in [-0.05, 0) is 32.7 Å². The number of nitrogens with zero attached hydrogens (tertiary/aromatic N) is 1. The number of rotatable bonds is 3. The lowest BCUT2D eigenvalue weighted by Gasteiger charge is -2.50. The predicted molar refractivity (Wildman–Crippen MR) is 60.5 cm³/mol. The molecule has 1 heterocycles. The highest BCUT2D eigenvalue weighted by Crippen LogP contribution is 2.38. The van der Waals surface area contributed by atoms with E-state index in [0.717, 1.165) is 19.3 Å². The minimum atomic E-state index is -2.78. The van der Waals surface area contributed by atoms with Gasteiger partial charge in [0, 0.05) is 18.1 Å². The van der Waals surface area contributed by atoms with Crippen molar-refractivity contribution >= 4 is 9.84 Å². The molecule has 1 unspecified atom stereocenters. The molecule has 2 fully saturated rings. The third-order valence-corrected chi connectivity index (χ3v) is 5.92. The van der Waals surface area contributed by atoms with Crippen LogP contribution in [0.25, 0.3) is 0 Å². The van der Waals surface area contributed by atoms with Gasteiger partial charge < -0.3 is 5.73 Å². The van der Waals surface area contributed by atoms with Gasteiger partial charge in [-0.3, -0.25) is 4.90 Å². The molecule has 2 rings (SSSR count). The van der Waals surface area contributed by atoms with Crippen molar-refractivity contribution in [3.63, 3.8) is 0 Å². The molecule has 2 aliphatic rings. The third kappa shape index (κ3) is 1.92. The average molecular weight is 232 g/mol. The molecule has 15 heavy (non-hydrogen) atoms. The van der Waals surface area contributed by atoms with Gasteiger partial charge in [-0.1, -0.05) is 0 Å². The lowest BCUT2D eigenvalue weighted by Crippen LogP contribution is -2.60. The molecule has 0 aromatic heterocycles. The molecule has 0 bridgehead atoms. The highest BCUT2D eigenvalue weighted by atomic mass is 32.2. The first-order chi connectivity index (χ1) is 6.99. The number of sulfone groups is 1. The first-order valence-corrected chi connectivity index (χ1v) is 7.45. The van der Waals surface area contributed by atoms with Crippen molar-refractivity contribution < 1.29 is 8.42 Å². The summed E-state index contributed by atoms with van der Waals surface area (Å²) in [4.78, 5) is 2.24. The van der Waals surface area contributed by atoms with Crippen LogP contribution in [0.15, 0.2) is 0 Å². The molecule has 5 heteroatoms. The van der Waals surface area contributed by atoms with Crippen LogP contribution >= 0.6 is 0 Å².